The average molecular weight is 323 g/mol. The molecule has 7 heteroatoms. The van der Waals surface area contributed by atoms with Crippen LogP contribution < -0.4 is 11.1 Å². The van der Waals surface area contributed by atoms with Crippen LogP contribution >= 0.6 is 24.8 Å². The standard InChI is InChI=1S/C13H22N4O.2ClH/c14-10-11-4-1-2-5-12(11)16-13(18)6-9-17-8-3-7-15-17;;/h3,7-8,11-12H,1-2,4-6,9-10,14H2,(H,16,18);2*1H. The third-order valence-corrected chi connectivity index (χ3v) is 3.69. The number of nitrogens with two attached hydrogens (primary N) is 1. The number of aromatic nitrogens is 2. The molecule has 1 aliphatic rings. The number of rotatable bonds is 5. The lowest BCUT2D eigenvalue weighted by molar-refractivity contribution is -0.122. The van der Waals surface area contributed by atoms with E-state index in [-0.39, 0.29) is 36.8 Å². The lowest BCUT2D eigenvalue weighted by Crippen LogP contribution is -2.44. The SMILES string of the molecule is Cl.Cl.NCC1CCCCC1NC(=O)CCn1cccn1. The first-order valence-electron chi connectivity index (χ1n) is 6.76. The minimum atomic E-state index is 0. The zero-order valence-electron chi connectivity index (χ0n) is 11.5. The van der Waals surface area contributed by atoms with Crippen molar-refractivity contribution in [1.29, 1.82) is 0 Å². The van der Waals surface area contributed by atoms with Crippen molar-refractivity contribution in [2.75, 3.05) is 6.54 Å². The van der Waals surface area contributed by atoms with E-state index in [0.717, 1.165) is 12.8 Å². The number of nitrogens with one attached hydrogen (secondary N) is 1. The van der Waals surface area contributed by atoms with Gasteiger partial charge in [-0.2, -0.15) is 5.10 Å². The second kappa shape index (κ2) is 10.0. The first kappa shape index (κ1) is 19.2. The molecule has 1 fully saturated rings. The second-order valence-electron chi connectivity index (χ2n) is 4.97. The zero-order chi connectivity index (χ0) is 12.8. The fourth-order valence-electron chi connectivity index (χ4n) is 2.61. The molecule has 1 amide bonds. The Balaban J connectivity index is 0.00000180. The molecule has 0 aromatic carbocycles. The molecule has 1 saturated carbocycles. The fourth-order valence-corrected chi connectivity index (χ4v) is 2.61. The first-order chi connectivity index (χ1) is 8.79. The summed E-state index contributed by atoms with van der Waals surface area (Å²) in [6.45, 7) is 1.31. The normalized spacial score (nSPS) is 21.4. The van der Waals surface area contributed by atoms with Crippen LogP contribution in [0, 0.1) is 5.92 Å². The van der Waals surface area contributed by atoms with Gasteiger partial charge in [0.1, 0.15) is 0 Å². The molecule has 116 valence electrons. The molecule has 1 aliphatic carbocycles. The Bertz CT molecular complexity index is 372. The number of carbonyl (C=O) groups is 1. The topological polar surface area (TPSA) is 72.9 Å². The lowest BCUT2D eigenvalue weighted by atomic mass is 9.84. The van der Waals surface area contributed by atoms with Crippen LogP contribution in [0.5, 0.6) is 0 Å². The Morgan fingerprint density at radius 3 is 2.75 bits per heavy atom. The molecule has 2 unspecified atom stereocenters. The third kappa shape index (κ3) is 5.69. The van der Waals surface area contributed by atoms with Gasteiger partial charge in [-0.15, -0.1) is 24.8 Å². The molecule has 0 bridgehead atoms. The Morgan fingerprint density at radius 2 is 2.10 bits per heavy atom. The number of hydrogen-bond acceptors (Lipinski definition) is 3. The van der Waals surface area contributed by atoms with E-state index < -0.39 is 0 Å². The minimum absolute atomic E-state index is 0. The van der Waals surface area contributed by atoms with Crippen molar-refractivity contribution < 1.29 is 4.79 Å². The van der Waals surface area contributed by atoms with Crippen LogP contribution in [-0.4, -0.2) is 28.3 Å². The summed E-state index contributed by atoms with van der Waals surface area (Å²) in [5, 5.41) is 7.21. The van der Waals surface area contributed by atoms with Crippen molar-refractivity contribution in [2.24, 2.45) is 11.7 Å². The molecule has 2 atom stereocenters. The van der Waals surface area contributed by atoms with Gasteiger partial charge in [0.25, 0.3) is 0 Å². The van der Waals surface area contributed by atoms with Crippen LogP contribution in [0.1, 0.15) is 32.1 Å². The molecule has 20 heavy (non-hydrogen) atoms. The maximum Gasteiger partial charge on any atom is 0.222 e. The van der Waals surface area contributed by atoms with Gasteiger partial charge in [-0.1, -0.05) is 12.8 Å². The molecule has 0 radical (unpaired) electrons. The quantitative estimate of drug-likeness (QED) is 0.867. The summed E-state index contributed by atoms with van der Waals surface area (Å²) in [7, 11) is 0. The molecule has 1 aromatic heterocycles. The van der Waals surface area contributed by atoms with E-state index in [1.54, 1.807) is 10.9 Å². The van der Waals surface area contributed by atoms with Crippen LogP contribution in [-0.2, 0) is 11.3 Å². The van der Waals surface area contributed by atoms with Crippen molar-refractivity contribution in [3.8, 4) is 0 Å². The third-order valence-electron chi connectivity index (χ3n) is 3.69. The summed E-state index contributed by atoms with van der Waals surface area (Å²) in [6, 6.07) is 2.14. The zero-order valence-corrected chi connectivity index (χ0v) is 13.2. The van der Waals surface area contributed by atoms with E-state index in [1.807, 2.05) is 12.3 Å². The van der Waals surface area contributed by atoms with Crippen molar-refractivity contribution in [3.05, 3.63) is 18.5 Å². The van der Waals surface area contributed by atoms with E-state index in [2.05, 4.69) is 10.4 Å². The van der Waals surface area contributed by atoms with Gasteiger partial charge in [0.05, 0.1) is 0 Å². The van der Waals surface area contributed by atoms with Gasteiger partial charge in [-0.05, 0) is 31.4 Å². The minimum Gasteiger partial charge on any atom is -0.353 e. The summed E-state index contributed by atoms with van der Waals surface area (Å²) in [5.41, 5.74) is 5.76. The van der Waals surface area contributed by atoms with Gasteiger partial charge in [-0.25, -0.2) is 0 Å². The second-order valence-corrected chi connectivity index (χ2v) is 4.97. The highest BCUT2D eigenvalue weighted by molar-refractivity contribution is 5.85. The maximum absolute atomic E-state index is 11.9. The van der Waals surface area contributed by atoms with E-state index in [1.165, 1.54) is 12.8 Å². The van der Waals surface area contributed by atoms with Crippen LogP contribution in [0.15, 0.2) is 18.5 Å². The van der Waals surface area contributed by atoms with Gasteiger partial charge < -0.3 is 11.1 Å². The Kier molecular flexibility index (Phi) is 9.63. The molecular weight excluding hydrogens is 299 g/mol. The number of carbonyl (C=O) groups excluding carboxylic acids is 1. The van der Waals surface area contributed by atoms with E-state index in [0.29, 0.717) is 25.4 Å². The van der Waals surface area contributed by atoms with Crippen LogP contribution in [0.2, 0.25) is 0 Å². The van der Waals surface area contributed by atoms with Crippen molar-refractivity contribution in [1.82, 2.24) is 15.1 Å². The number of hydrogen-bond donors (Lipinski definition) is 2. The summed E-state index contributed by atoms with van der Waals surface area (Å²) in [5.74, 6) is 0.559. The molecule has 5 nitrogen and oxygen atoms in total. The Hall–Kier alpha value is -0.780. The number of aryl methyl sites for hydroxylation is 1. The molecule has 1 aromatic rings. The lowest BCUT2D eigenvalue weighted by Gasteiger charge is -2.31. The smallest absolute Gasteiger partial charge is 0.222 e. The summed E-state index contributed by atoms with van der Waals surface area (Å²) in [6.07, 6.45) is 8.72. The van der Waals surface area contributed by atoms with E-state index >= 15 is 0 Å². The predicted octanol–water partition coefficient (Wildman–Crippen LogP) is 1.75. The predicted molar refractivity (Wildman–Crippen MR) is 84.3 cm³/mol. The Labute approximate surface area is 132 Å². The van der Waals surface area contributed by atoms with Crippen LogP contribution in [0.4, 0.5) is 0 Å². The maximum atomic E-state index is 11.9. The fraction of sp³-hybridized carbons (Fsp3) is 0.692. The number of nitrogens with zero attached hydrogens (tertiary/aromatic N) is 2. The van der Waals surface area contributed by atoms with E-state index in [4.69, 9.17) is 5.73 Å². The molecule has 1 heterocycles. The highest BCUT2D eigenvalue weighted by Gasteiger charge is 2.24. The highest BCUT2D eigenvalue weighted by atomic mass is 35.5. The summed E-state index contributed by atoms with van der Waals surface area (Å²) in [4.78, 5) is 11.9. The van der Waals surface area contributed by atoms with Gasteiger partial charge in [0, 0.05) is 31.4 Å². The van der Waals surface area contributed by atoms with Crippen molar-refractivity contribution >= 4 is 30.7 Å². The summed E-state index contributed by atoms with van der Waals surface area (Å²) >= 11 is 0. The van der Waals surface area contributed by atoms with Gasteiger partial charge >= 0.3 is 0 Å². The van der Waals surface area contributed by atoms with Crippen molar-refractivity contribution in [2.45, 2.75) is 44.7 Å². The van der Waals surface area contributed by atoms with Crippen molar-refractivity contribution in [3.63, 3.8) is 0 Å². The number of amides is 1. The van der Waals surface area contributed by atoms with Gasteiger partial charge in [0.15, 0.2) is 0 Å². The molecule has 0 aliphatic heterocycles. The average Bonchev–Trinajstić information content (AvgIpc) is 2.90. The first-order valence-corrected chi connectivity index (χ1v) is 6.76. The summed E-state index contributed by atoms with van der Waals surface area (Å²) < 4.78 is 1.78. The molecule has 3 N–H and O–H groups in total. The molecular formula is C13H24Cl2N4O. The Morgan fingerprint density at radius 1 is 1.35 bits per heavy atom. The van der Waals surface area contributed by atoms with E-state index in [9.17, 15) is 4.79 Å². The van der Waals surface area contributed by atoms with Crippen LogP contribution in [0.3, 0.4) is 0 Å². The number of halogens is 2. The van der Waals surface area contributed by atoms with Crippen LogP contribution in [0.25, 0.3) is 0 Å². The van der Waals surface area contributed by atoms with Gasteiger partial charge in [0.2, 0.25) is 5.91 Å². The molecule has 0 spiro atoms. The molecule has 2 rings (SSSR count). The highest BCUT2D eigenvalue weighted by Crippen LogP contribution is 2.23. The largest absolute Gasteiger partial charge is 0.353 e. The monoisotopic (exact) mass is 322 g/mol. The molecule has 0 saturated heterocycles. The van der Waals surface area contributed by atoms with Gasteiger partial charge in [-0.3, -0.25) is 9.48 Å².